The van der Waals surface area contributed by atoms with Crippen molar-refractivity contribution in [1.82, 2.24) is 14.1 Å². The molecule has 0 radical (unpaired) electrons. The second kappa shape index (κ2) is 7.44. The van der Waals surface area contributed by atoms with Gasteiger partial charge in [0.15, 0.2) is 0 Å². The molecule has 0 fully saturated rings. The number of nitrogens with zero attached hydrogens (tertiary/aromatic N) is 3. The third-order valence-corrected chi connectivity index (χ3v) is 3.91. The van der Waals surface area contributed by atoms with Gasteiger partial charge in [0.2, 0.25) is 0 Å². The van der Waals surface area contributed by atoms with Crippen molar-refractivity contribution >= 4 is 17.6 Å². The van der Waals surface area contributed by atoms with E-state index in [9.17, 15) is 14.4 Å². The van der Waals surface area contributed by atoms with Crippen molar-refractivity contribution in [2.45, 2.75) is 26.9 Å². The Morgan fingerprint density at radius 2 is 1.88 bits per heavy atom. The molecule has 0 aliphatic rings. The maximum absolute atomic E-state index is 12.6. The van der Waals surface area contributed by atoms with Gasteiger partial charge >= 0.3 is 17.3 Å². The van der Waals surface area contributed by atoms with Crippen LogP contribution in [0.25, 0.3) is 0 Å². The fourth-order valence-corrected chi connectivity index (χ4v) is 2.41. The largest absolute Gasteiger partial charge is 0.469 e. The van der Waals surface area contributed by atoms with Crippen molar-refractivity contribution in [3.8, 4) is 0 Å². The third-order valence-electron chi connectivity index (χ3n) is 3.65. The first kappa shape index (κ1) is 17.9. The van der Waals surface area contributed by atoms with Gasteiger partial charge in [-0.3, -0.25) is 9.36 Å². The molecule has 0 saturated heterocycles. The van der Waals surface area contributed by atoms with Crippen LogP contribution < -0.4 is 11.4 Å². The van der Waals surface area contributed by atoms with Gasteiger partial charge in [0.1, 0.15) is 5.82 Å². The zero-order valence-corrected chi connectivity index (χ0v) is 14.4. The number of carbonyl (C=O) groups is 1. The highest BCUT2D eigenvalue weighted by Gasteiger charge is 2.18. The molecule has 1 aromatic heterocycles. The third kappa shape index (κ3) is 3.91. The Bertz CT molecular complexity index is 855. The molecule has 0 unspecified atom stereocenters. The zero-order chi connectivity index (χ0) is 17.9. The highest BCUT2D eigenvalue weighted by molar-refractivity contribution is 6.30. The number of aryl methyl sites for hydroxylation is 1. The number of ether oxygens (including phenoxy) is 1. The summed E-state index contributed by atoms with van der Waals surface area (Å²) in [6.45, 7) is 3.34. The topological polar surface area (TPSA) is 83.2 Å². The van der Waals surface area contributed by atoms with E-state index >= 15 is 0 Å². The van der Waals surface area contributed by atoms with Gasteiger partial charge in [0, 0.05) is 11.6 Å². The summed E-state index contributed by atoms with van der Waals surface area (Å²) in [4.78, 5) is 40.1. The van der Waals surface area contributed by atoms with Gasteiger partial charge in [0.05, 0.1) is 19.6 Å². The van der Waals surface area contributed by atoms with Gasteiger partial charge in [-0.05, 0) is 24.6 Å². The van der Waals surface area contributed by atoms with Gasteiger partial charge in [-0.1, -0.05) is 30.7 Å². The van der Waals surface area contributed by atoms with Gasteiger partial charge < -0.3 is 4.74 Å². The lowest BCUT2D eigenvalue weighted by Gasteiger charge is -2.14. The Morgan fingerprint density at radius 1 is 1.25 bits per heavy atom. The summed E-state index contributed by atoms with van der Waals surface area (Å²) in [5, 5.41) is 0.595. The molecule has 0 N–H and O–H groups in total. The minimum absolute atomic E-state index is 0.0851. The summed E-state index contributed by atoms with van der Waals surface area (Å²) in [7, 11) is 1.26. The minimum Gasteiger partial charge on any atom is -0.469 e. The molecule has 1 aromatic carbocycles. The molecule has 0 saturated carbocycles. The van der Waals surface area contributed by atoms with E-state index in [1.54, 1.807) is 38.1 Å². The first-order valence-corrected chi connectivity index (χ1v) is 7.71. The monoisotopic (exact) mass is 351 g/mol. The Hall–Kier alpha value is -2.41. The number of carbonyl (C=O) groups excluding carboxylic acids is 1. The molecule has 1 atom stereocenters. The van der Waals surface area contributed by atoms with Crippen LogP contribution in [0, 0.1) is 12.8 Å². The van der Waals surface area contributed by atoms with Crippen LogP contribution in [0.2, 0.25) is 5.02 Å². The predicted octanol–water partition coefficient (Wildman–Crippen LogP) is 1.22. The second-order valence-corrected chi connectivity index (χ2v) is 5.91. The lowest BCUT2D eigenvalue weighted by Crippen LogP contribution is -2.44. The molecule has 7 nitrogen and oxygen atoms in total. The van der Waals surface area contributed by atoms with Crippen LogP contribution in [-0.2, 0) is 22.6 Å². The summed E-state index contributed by atoms with van der Waals surface area (Å²) >= 11 is 5.85. The van der Waals surface area contributed by atoms with Crippen molar-refractivity contribution in [3.63, 3.8) is 0 Å². The molecule has 0 aliphatic heterocycles. The summed E-state index contributed by atoms with van der Waals surface area (Å²) in [6, 6.07) is 7.03. The van der Waals surface area contributed by atoms with Gasteiger partial charge in [0.25, 0.3) is 0 Å². The number of rotatable bonds is 5. The molecule has 24 heavy (non-hydrogen) atoms. The Balaban J connectivity index is 2.40. The van der Waals surface area contributed by atoms with Crippen LogP contribution in [0.1, 0.15) is 18.3 Å². The molecule has 2 aromatic rings. The molecule has 8 heteroatoms. The molecule has 2 rings (SSSR count). The van der Waals surface area contributed by atoms with Crippen molar-refractivity contribution in [2.24, 2.45) is 5.92 Å². The molecule has 0 aliphatic carbocycles. The smallest absolute Gasteiger partial charge is 0.353 e. The average molecular weight is 352 g/mol. The van der Waals surface area contributed by atoms with Gasteiger partial charge in [-0.2, -0.15) is 4.98 Å². The number of methoxy groups -OCH3 is 1. The molecular formula is C16H18ClN3O4. The Kier molecular flexibility index (Phi) is 5.56. The first-order valence-electron chi connectivity index (χ1n) is 7.34. The van der Waals surface area contributed by atoms with Crippen molar-refractivity contribution in [1.29, 1.82) is 0 Å². The summed E-state index contributed by atoms with van der Waals surface area (Å²) in [5.74, 6) is -0.818. The molecule has 0 spiro atoms. The SMILES string of the molecule is COC(=O)[C@H](C)Cn1c(=O)nc(C)n(Cc2ccc(Cl)cc2)c1=O. The fraction of sp³-hybridized carbons (Fsp3) is 0.375. The quantitative estimate of drug-likeness (QED) is 0.756. The molecule has 1 heterocycles. The highest BCUT2D eigenvalue weighted by atomic mass is 35.5. The van der Waals surface area contributed by atoms with Crippen LogP contribution in [0.4, 0.5) is 0 Å². The predicted molar refractivity (Wildman–Crippen MR) is 89.2 cm³/mol. The normalized spacial score (nSPS) is 12.0. The summed E-state index contributed by atoms with van der Waals surface area (Å²) in [5.41, 5.74) is -0.351. The Morgan fingerprint density at radius 3 is 2.46 bits per heavy atom. The Labute approximate surface area is 143 Å². The number of esters is 1. The van der Waals surface area contributed by atoms with E-state index in [0.29, 0.717) is 10.8 Å². The maximum Gasteiger partial charge on any atom is 0.353 e. The lowest BCUT2D eigenvalue weighted by molar-refractivity contribution is -0.145. The first-order chi connectivity index (χ1) is 11.3. The number of aromatic nitrogens is 3. The maximum atomic E-state index is 12.6. The fourth-order valence-electron chi connectivity index (χ4n) is 2.29. The number of hydrogen-bond donors (Lipinski definition) is 0. The van der Waals surface area contributed by atoms with E-state index in [1.165, 1.54) is 11.7 Å². The number of halogens is 1. The van der Waals surface area contributed by atoms with Crippen LogP contribution in [0.15, 0.2) is 33.9 Å². The van der Waals surface area contributed by atoms with Crippen molar-refractivity contribution < 1.29 is 9.53 Å². The molecule has 128 valence electrons. The minimum atomic E-state index is -0.680. The van der Waals surface area contributed by atoms with E-state index in [2.05, 4.69) is 9.72 Å². The standard InChI is InChI=1S/C16H18ClN3O4/c1-10(14(21)24-3)8-20-15(22)18-11(2)19(16(20)23)9-12-4-6-13(17)7-5-12/h4-7,10H,8-9H2,1-3H3/t10-/m1/s1. The van der Waals surface area contributed by atoms with Crippen LogP contribution in [-0.4, -0.2) is 27.2 Å². The van der Waals surface area contributed by atoms with Crippen molar-refractivity contribution in [3.05, 3.63) is 61.6 Å². The highest BCUT2D eigenvalue weighted by Crippen LogP contribution is 2.10. The van der Waals surface area contributed by atoms with Gasteiger partial charge in [-0.25, -0.2) is 14.2 Å². The van der Waals surface area contributed by atoms with Crippen molar-refractivity contribution in [2.75, 3.05) is 7.11 Å². The lowest BCUT2D eigenvalue weighted by atomic mass is 10.2. The van der Waals surface area contributed by atoms with E-state index < -0.39 is 23.3 Å². The zero-order valence-electron chi connectivity index (χ0n) is 13.7. The van der Waals surface area contributed by atoms with Gasteiger partial charge in [-0.15, -0.1) is 0 Å². The van der Waals surface area contributed by atoms with E-state index in [4.69, 9.17) is 11.6 Å². The van der Waals surface area contributed by atoms with E-state index in [0.717, 1.165) is 10.1 Å². The molecule has 0 bridgehead atoms. The van der Waals surface area contributed by atoms with Crippen LogP contribution >= 0.6 is 11.6 Å². The molecule has 0 amide bonds. The van der Waals surface area contributed by atoms with Crippen LogP contribution in [0.3, 0.4) is 0 Å². The van der Waals surface area contributed by atoms with E-state index in [-0.39, 0.29) is 13.1 Å². The summed E-state index contributed by atoms with van der Waals surface area (Å²) in [6.07, 6.45) is 0. The number of benzene rings is 1. The number of hydrogen-bond acceptors (Lipinski definition) is 5. The van der Waals surface area contributed by atoms with E-state index in [1.807, 2.05) is 0 Å². The average Bonchev–Trinajstić information content (AvgIpc) is 2.56. The molecular weight excluding hydrogens is 334 g/mol. The summed E-state index contributed by atoms with van der Waals surface area (Å²) < 4.78 is 6.96. The second-order valence-electron chi connectivity index (χ2n) is 5.47. The van der Waals surface area contributed by atoms with Crippen LogP contribution in [0.5, 0.6) is 0 Å².